The summed E-state index contributed by atoms with van der Waals surface area (Å²) in [6.07, 6.45) is 1.50. The van der Waals surface area contributed by atoms with Gasteiger partial charge < -0.3 is 10.2 Å². The highest BCUT2D eigenvalue weighted by Gasteiger charge is 2.14. The maximum atomic E-state index is 11.9. The van der Waals surface area contributed by atoms with Crippen LogP contribution in [0.4, 0.5) is 5.82 Å². The van der Waals surface area contributed by atoms with Crippen LogP contribution in [0.15, 0.2) is 24.3 Å². The number of anilines is 1. The van der Waals surface area contributed by atoms with Crippen molar-refractivity contribution in [1.29, 1.82) is 5.26 Å². The van der Waals surface area contributed by atoms with Crippen LogP contribution >= 0.6 is 0 Å². The van der Waals surface area contributed by atoms with Crippen LogP contribution < -0.4 is 5.32 Å². The third-order valence-electron chi connectivity index (χ3n) is 4.02. The molecular weight excluding hydrogens is 314 g/mol. The van der Waals surface area contributed by atoms with E-state index in [1.54, 1.807) is 31.1 Å². The number of nitrogens with zero attached hydrogens (tertiary/aromatic N) is 4. The zero-order chi connectivity index (χ0) is 18.4. The van der Waals surface area contributed by atoms with Crippen LogP contribution in [0.5, 0.6) is 0 Å². The van der Waals surface area contributed by atoms with Gasteiger partial charge in [-0.15, -0.1) is 5.10 Å². The minimum absolute atomic E-state index is 0.0279. The zero-order valence-electron chi connectivity index (χ0n) is 15.1. The minimum Gasteiger partial charge on any atom is -0.363 e. The molecule has 6 nitrogen and oxygen atoms in total. The van der Waals surface area contributed by atoms with Gasteiger partial charge in [0.25, 0.3) is 5.91 Å². The molecule has 0 unspecified atom stereocenters. The van der Waals surface area contributed by atoms with Gasteiger partial charge in [0, 0.05) is 26.2 Å². The van der Waals surface area contributed by atoms with E-state index in [1.807, 2.05) is 26.0 Å². The highest BCUT2D eigenvalue weighted by atomic mass is 16.2. The average Bonchev–Trinajstić information content (AvgIpc) is 2.64. The SMILES string of the molecule is CCc1nnc(NCc2ccc(C(=O)N(C)C)cc2)c(C#N)c1CC. The number of nitriles is 1. The van der Waals surface area contributed by atoms with Crippen molar-refractivity contribution >= 4 is 11.7 Å². The van der Waals surface area contributed by atoms with E-state index in [4.69, 9.17) is 0 Å². The fourth-order valence-electron chi connectivity index (χ4n) is 2.63. The molecule has 1 N–H and O–H groups in total. The molecule has 1 aromatic carbocycles. The Labute approximate surface area is 148 Å². The Bertz CT molecular complexity index is 791. The van der Waals surface area contributed by atoms with E-state index in [1.165, 1.54) is 0 Å². The van der Waals surface area contributed by atoms with Gasteiger partial charge in [-0.2, -0.15) is 10.4 Å². The van der Waals surface area contributed by atoms with Crippen LogP contribution in [0.3, 0.4) is 0 Å². The van der Waals surface area contributed by atoms with Gasteiger partial charge in [-0.05, 0) is 36.1 Å². The summed E-state index contributed by atoms with van der Waals surface area (Å²) in [6.45, 7) is 4.53. The Kier molecular flexibility index (Phi) is 6.07. The number of carbonyl (C=O) groups excluding carboxylic acids is 1. The Morgan fingerprint density at radius 1 is 1.16 bits per heavy atom. The Morgan fingerprint density at radius 2 is 1.84 bits per heavy atom. The molecule has 0 saturated carbocycles. The van der Waals surface area contributed by atoms with E-state index in [9.17, 15) is 10.1 Å². The quantitative estimate of drug-likeness (QED) is 0.876. The smallest absolute Gasteiger partial charge is 0.253 e. The maximum Gasteiger partial charge on any atom is 0.253 e. The van der Waals surface area contributed by atoms with Crippen molar-refractivity contribution in [3.05, 3.63) is 52.2 Å². The molecular formula is C19H23N5O. The molecule has 0 radical (unpaired) electrons. The van der Waals surface area contributed by atoms with E-state index >= 15 is 0 Å². The van der Waals surface area contributed by atoms with Crippen molar-refractivity contribution in [3.8, 4) is 6.07 Å². The molecule has 25 heavy (non-hydrogen) atoms. The molecule has 0 aliphatic rings. The van der Waals surface area contributed by atoms with Crippen LogP contribution in [0.25, 0.3) is 0 Å². The molecule has 0 aliphatic carbocycles. The molecule has 0 atom stereocenters. The summed E-state index contributed by atoms with van der Waals surface area (Å²) in [7, 11) is 3.45. The number of rotatable bonds is 6. The number of amides is 1. The first-order valence-electron chi connectivity index (χ1n) is 8.34. The van der Waals surface area contributed by atoms with Crippen LogP contribution in [-0.2, 0) is 19.4 Å². The molecule has 1 aromatic heterocycles. The van der Waals surface area contributed by atoms with Gasteiger partial charge in [0.2, 0.25) is 0 Å². The molecule has 1 heterocycles. The minimum atomic E-state index is -0.0279. The van der Waals surface area contributed by atoms with E-state index < -0.39 is 0 Å². The van der Waals surface area contributed by atoms with Crippen LogP contribution in [0, 0.1) is 11.3 Å². The second kappa shape index (κ2) is 8.25. The topological polar surface area (TPSA) is 81.9 Å². The van der Waals surface area contributed by atoms with Gasteiger partial charge >= 0.3 is 0 Å². The summed E-state index contributed by atoms with van der Waals surface area (Å²) in [5, 5.41) is 21.1. The largest absolute Gasteiger partial charge is 0.363 e. The lowest BCUT2D eigenvalue weighted by molar-refractivity contribution is 0.0827. The summed E-state index contributed by atoms with van der Waals surface area (Å²) in [5.41, 5.74) is 4.03. The molecule has 0 fully saturated rings. The number of hydrogen-bond donors (Lipinski definition) is 1. The first-order chi connectivity index (χ1) is 12.0. The molecule has 0 bridgehead atoms. The molecule has 0 spiro atoms. The lowest BCUT2D eigenvalue weighted by atomic mass is 10.0. The molecule has 6 heteroatoms. The van der Waals surface area contributed by atoms with Crippen molar-refractivity contribution < 1.29 is 4.79 Å². The van der Waals surface area contributed by atoms with E-state index in [2.05, 4.69) is 21.6 Å². The van der Waals surface area contributed by atoms with Gasteiger partial charge in [0.05, 0.1) is 5.69 Å². The van der Waals surface area contributed by atoms with Crippen LogP contribution in [0.1, 0.15) is 46.6 Å². The van der Waals surface area contributed by atoms with E-state index in [0.717, 1.165) is 29.7 Å². The molecule has 1 amide bonds. The Morgan fingerprint density at radius 3 is 2.36 bits per heavy atom. The lowest BCUT2D eigenvalue weighted by Crippen LogP contribution is -2.21. The molecule has 2 aromatic rings. The third-order valence-corrected chi connectivity index (χ3v) is 4.02. The second-order valence-corrected chi connectivity index (χ2v) is 5.92. The first-order valence-corrected chi connectivity index (χ1v) is 8.34. The predicted octanol–water partition coefficient (Wildman–Crippen LogP) is 2.79. The molecule has 130 valence electrons. The first kappa shape index (κ1) is 18.4. The van der Waals surface area contributed by atoms with Crippen LogP contribution in [0.2, 0.25) is 0 Å². The fourth-order valence-corrected chi connectivity index (χ4v) is 2.63. The molecule has 2 rings (SSSR count). The highest BCUT2D eigenvalue weighted by Crippen LogP contribution is 2.20. The standard InChI is InChI=1S/C19H23N5O/c1-5-15-16(11-20)18(23-22-17(15)6-2)21-12-13-7-9-14(10-8-13)19(25)24(3)4/h7-10H,5-6,12H2,1-4H3,(H,21,23). The zero-order valence-corrected chi connectivity index (χ0v) is 15.1. The van der Waals surface area contributed by atoms with Crippen LogP contribution in [-0.4, -0.2) is 35.1 Å². The van der Waals surface area contributed by atoms with Crippen molar-refractivity contribution in [2.75, 3.05) is 19.4 Å². The number of aromatic nitrogens is 2. The molecule has 0 saturated heterocycles. The maximum absolute atomic E-state index is 11.9. The average molecular weight is 337 g/mol. The Balaban J connectivity index is 2.16. The summed E-state index contributed by atoms with van der Waals surface area (Å²) in [6, 6.07) is 9.63. The monoisotopic (exact) mass is 337 g/mol. The van der Waals surface area contributed by atoms with Gasteiger partial charge in [0.15, 0.2) is 5.82 Å². The second-order valence-electron chi connectivity index (χ2n) is 5.92. The van der Waals surface area contributed by atoms with Gasteiger partial charge in [-0.3, -0.25) is 4.79 Å². The number of nitrogens with one attached hydrogen (secondary N) is 1. The summed E-state index contributed by atoms with van der Waals surface area (Å²) in [5.74, 6) is 0.477. The number of benzene rings is 1. The van der Waals surface area contributed by atoms with E-state index in [-0.39, 0.29) is 5.91 Å². The number of carbonyl (C=O) groups is 1. The third kappa shape index (κ3) is 4.13. The summed E-state index contributed by atoms with van der Waals surface area (Å²) < 4.78 is 0. The Hall–Kier alpha value is -2.94. The number of aryl methyl sites for hydroxylation is 1. The van der Waals surface area contributed by atoms with Crippen molar-refractivity contribution in [3.63, 3.8) is 0 Å². The molecule has 0 aliphatic heterocycles. The number of hydrogen-bond acceptors (Lipinski definition) is 5. The van der Waals surface area contributed by atoms with Gasteiger partial charge in [0.1, 0.15) is 11.6 Å². The summed E-state index contributed by atoms with van der Waals surface area (Å²) in [4.78, 5) is 13.5. The predicted molar refractivity (Wildman–Crippen MR) is 97.3 cm³/mol. The normalized spacial score (nSPS) is 10.2. The lowest BCUT2D eigenvalue weighted by Gasteiger charge is -2.13. The fraction of sp³-hybridized carbons (Fsp3) is 0.368. The summed E-state index contributed by atoms with van der Waals surface area (Å²) >= 11 is 0. The van der Waals surface area contributed by atoms with Gasteiger partial charge in [-0.25, -0.2) is 0 Å². The van der Waals surface area contributed by atoms with Crippen molar-refractivity contribution in [1.82, 2.24) is 15.1 Å². The van der Waals surface area contributed by atoms with Gasteiger partial charge in [-0.1, -0.05) is 26.0 Å². The highest BCUT2D eigenvalue weighted by molar-refractivity contribution is 5.93. The van der Waals surface area contributed by atoms with Crippen molar-refractivity contribution in [2.45, 2.75) is 33.2 Å². The van der Waals surface area contributed by atoms with Crippen molar-refractivity contribution in [2.24, 2.45) is 0 Å². The van der Waals surface area contributed by atoms with E-state index in [0.29, 0.717) is 23.5 Å².